The van der Waals surface area contributed by atoms with Crippen LogP contribution in [0.1, 0.15) is 34.3 Å². The number of nitrogens with one attached hydrogen (secondary N) is 1. The number of methoxy groups -OCH3 is 1. The highest BCUT2D eigenvalue weighted by atomic mass is 16.5. The Morgan fingerprint density at radius 2 is 2.00 bits per heavy atom. The molecule has 0 radical (unpaired) electrons. The van der Waals surface area contributed by atoms with Crippen molar-refractivity contribution < 1.29 is 19.4 Å². The summed E-state index contributed by atoms with van der Waals surface area (Å²) < 4.78 is 4.38. The molecule has 0 aromatic heterocycles. The van der Waals surface area contributed by atoms with Gasteiger partial charge >= 0.3 is 5.97 Å². The molecule has 20 heavy (non-hydrogen) atoms. The summed E-state index contributed by atoms with van der Waals surface area (Å²) in [7, 11) is 1.19. The molecule has 5 nitrogen and oxygen atoms in total. The number of aliphatic hydroxyl groups excluding tert-OH is 1. The number of aliphatic hydroxyl groups is 1. The second-order valence-electron chi connectivity index (χ2n) is 4.94. The average Bonchev–Trinajstić information content (AvgIpc) is 2.50. The quantitative estimate of drug-likeness (QED) is 0.799. The number of hydrogen-bond acceptors (Lipinski definition) is 4. The lowest BCUT2D eigenvalue weighted by molar-refractivity contribution is -0.149. The van der Waals surface area contributed by atoms with E-state index in [4.69, 9.17) is 0 Å². The third-order valence-electron chi connectivity index (χ3n) is 3.54. The van der Waals surface area contributed by atoms with Gasteiger partial charge < -0.3 is 15.2 Å². The molecule has 0 fully saturated rings. The summed E-state index contributed by atoms with van der Waals surface area (Å²) >= 11 is 0. The molecule has 0 aliphatic heterocycles. The molecule has 1 unspecified atom stereocenters. The summed E-state index contributed by atoms with van der Waals surface area (Å²) in [6.07, 6.45) is 3.09. The fraction of sp³-hybridized carbons (Fsp3) is 0.467. The number of amides is 1. The standard InChI is InChI=1S/C15H19NO4/c1-20-15(19)13(17)9-16-14(18)12-7-6-10-4-2-3-5-11(10)8-12/h6-8,13,17H,2-5,9H2,1H3,(H,16,18). The van der Waals surface area contributed by atoms with Gasteiger partial charge in [-0.2, -0.15) is 0 Å². The van der Waals surface area contributed by atoms with Crippen molar-refractivity contribution >= 4 is 11.9 Å². The van der Waals surface area contributed by atoms with Crippen LogP contribution < -0.4 is 5.32 Å². The zero-order valence-corrected chi connectivity index (χ0v) is 11.5. The van der Waals surface area contributed by atoms with E-state index in [-0.39, 0.29) is 12.5 Å². The molecule has 2 N–H and O–H groups in total. The average molecular weight is 277 g/mol. The maximum atomic E-state index is 12.0. The molecule has 1 aliphatic rings. The van der Waals surface area contributed by atoms with E-state index >= 15 is 0 Å². The predicted octanol–water partition coefficient (Wildman–Crippen LogP) is 0.829. The molecule has 0 heterocycles. The Kier molecular flexibility index (Phi) is 4.74. The molecule has 5 heteroatoms. The maximum Gasteiger partial charge on any atom is 0.336 e. The van der Waals surface area contributed by atoms with Crippen LogP contribution in [0.5, 0.6) is 0 Å². The molecule has 0 bridgehead atoms. The second kappa shape index (κ2) is 6.52. The summed E-state index contributed by atoms with van der Waals surface area (Å²) in [5, 5.41) is 11.9. The Hall–Kier alpha value is -1.88. The molecular weight excluding hydrogens is 258 g/mol. The fourth-order valence-corrected chi connectivity index (χ4v) is 2.39. The predicted molar refractivity (Wildman–Crippen MR) is 73.4 cm³/mol. The van der Waals surface area contributed by atoms with Gasteiger partial charge in [-0.1, -0.05) is 6.07 Å². The lowest BCUT2D eigenvalue weighted by atomic mass is 9.90. The van der Waals surface area contributed by atoms with Gasteiger partial charge in [0.15, 0.2) is 6.10 Å². The van der Waals surface area contributed by atoms with Gasteiger partial charge in [-0.05, 0) is 48.9 Å². The van der Waals surface area contributed by atoms with Crippen molar-refractivity contribution in [3.63, 3.8) is 0 Å². The van der Waals surface area contributed by atoms with Crippen molar-refractivity contribution in [2.75, 3.05) is 13.7 Å². The number of ether oxygens (including phenoxy) is 1. The lowest BCUT2D eigenvalue weighted by Gasteiger charge is -2.16. The van der Waals surface area contributed by atoms with Crippen molar-refractivity contribution in [3.05, 3.63) is 34.9 Å². The first-order chi connectivity index (χ1) is 9.61. The zero-order valence-electron chi connectivity index (χ0n) is 11.5. The molecule has 0 saturated heterocycles. The molecule has 1 atom stereocenters. The highest BCUT2D eigenvalue weighted by Crippen LogP contribution is 2.22. The lowest BCUT2D eigenvalue weighted by Crippen LogP contribution is -2.37. The number of esters is 1. The molecule has 2 rings (SSSR count). The molecule has 1 aromatic carbocycles. The minimum absolute atomic E-state index is 0.150. The summed E-state index contributed by atoms with van der Waals surface area (Å²) in [5.74, 6) is -1.04. The van der Waals surface area contributed by atoms with Crippen molar-refractivity contribution in [1.29, 1.82) is 0 Å². The third kappa shape index (κ3) is 3.36. The van der Waals surface area contributed by atoms with Crippen molar-refractivity contribution in [2.24, 2.45) is 0 Å². The maximum absolute atomic E-state index is 12.0. The van der Waals surface area contributed by atoms with Crippen LogP contribution in [0.2, 0.25) is 0 Å². The van der Waals surface area contributed by atoms with Gasteiger partial charge in [0, 0.05) is 5.56 Å². The highest BCUT2D eigenvalue weighted by molar-refractivity contribution is 5.94. The first kappa shape index (κ1) is 14.5. The Balaban J connectivity index is 1.97. The molecule has 0 spiro atoms. The van der Waals surface area contributed by atoms with Crippen molar-refractivity contribution in [2.45, 2.75) is 31.8 Å². The van der Waals surface area contributed by atoms with Crippen molar-refractivity contribution in [1.82, 2.24) is 5.32 Å². The van der Waals surface area contributed by atoms with Gasteiger partial charge in [0.2, 0.25) is 0 Å². The van der Waals surface area contributed by atoms with E-state index in [2.05, 4.69) is 10.1 Å². The minimum Gasteiger partial charge on any atom is -0.467 e. The molecule has 0 saturated carbocycles. The molecule has 108 valence electrons. The van der Waals surface area contributed by atoms with Gasteiger partial charge in [0.1, 0.15) is 0 Å². The normalized spacial score (nSPS) is 15.1. The number of aryl methyl sites for hydroxylation is 2. The number of rotatable bonds is 4. The van der Waals surface area contributed by atoms with E-state index in [0.717, 1.165) is 19.3 Å². The summed E-state index contributed by atoms with van der Waals surface area (Å²) in [4.78, 5) is 23.0. The van der Waals surface area contributed by atoms with Crippen LogP contribution in [0.3, 0.4) is 0 Å². The van der Waals surface area contributed by atoms with E-state index in [1.165, 1.54) is 24.7 Å². The summed E-state index contributed by atoms with van der Waals surface area (Å²) in [5.41, 5.74) is 3.09. The summed E-state index contributed by atoms with van der Waals surface area (Å²) in [6, 6.07) is 5.67. The third-order valence-corrected chi connectivity index (χ3v) is 3.54. The highest BCUT2D eigenvalue weighted by Gasteiger charge is 2.17. The van der Waals surface area contributed by atoms with Crippen LogP contribution in [-0.2, 0) is 22.4 Å². The van der Waals surface area contributed by atoms with Crippen LogP contribution in [0, 0.1) is 0 Å². The molecule has 1 aliphatic carbocycles. The largest absolute Gasteiger partial charge is 0.467 e. The van der Waals surface area contributed by atoms with E-state index in [1.807, 2.05) is 12.1 Å². The monoisotopic (exact) mass is 277 g/mol. The van der Waals surface area contributed by atoms with Crippen LogP contribution >= 0.6 is 0 Å². The Morgan fingerprint density at radius 1 is 1.30 bits per heavy atom. The number of carbonyl (C=O) groups is 2. The number of carbonyl (C=O) groups excluding carboxylic acids is 2. The van der Waals surface area contributed by atoms with Crippen LogP contribution in [0.4, 0.5) is 0 Å². The molecule has 1 amide bonds. The zero-order chi connectivity index (χ0) is 14.5. The van der Waals surface area contributed by atoms with E-state index in [9.17, 15) is 14.7 Å². The topological polar surface area (TPSA) is 75.6 Å². The van der Waals surface area contributed by atoms with Crippen LogP contribution in [0.25, 0.3) is 0 Å². The number of hydrogen-bond donors (Lipinski definition) is 2. The Morgan fingerprint density at radius 3 is 2.70 bits per heavy atom. The fourth-order valence-electron chi connectivity index (χ4n) is 2.39. The van der Waals surface area contributed by atoms with Gasteiger partial charge in [0.25, 0.3) is 5.91 Å². The van der Waals surface area contributed by atoms with Gasteiger partial charge in [-0.3, -0.25) is 4.79 Å². The van der Waals surface area contributed by atoms with Crippen LogP contribution in [0.15, 0.2) is 18.2 Å². The van der Waals surface area contributed by atoms with E-state index in [0.29, 0.717) is 5.56 Å². The van der Waals surface area contributed by atoms with Crippen LogP contribution in [-0.4, -0.2) is 36.7 Å². The van der Waals surface area contributed by atoms with E-state index in [1.54, 1.807) is 6.07 Å². The minimum atomic E-state index is -1.33. The number of fused-ring (bicyclic) bond motifs is 1. The SMILES string of the molecule is COC(=O)C(O)CNC(=O)c1ccc2c(c1)CCCC2. The summed E-state index contributed by atoms with van der Waals surface area (Å²) in [6.45, 7) is -0.150. The second-order valence-corrected chi connectivity index (χ2v) is 4.94. The van der Waals surface area contributed by atoms with E-state index < -0.39 is 12.1 Å². The molecular formula is C15H19NO4. The van der Waals surface area contributed by atoms with Gasteiger partial charge in [-0.25, -0.2) is 4.79 Å². The Bertz CT molecular complexity index is 513. The number of benzene rings is 1. The Labute approximate surface area is 117 Å². The molecule has 1 aromatic rings. The first-order valence-electron chi connectivity index (χ1n) is 6.77. The van der Waals surface area contributed by atoms with Gasteiger partial charge in [-0.15, -0.1) is 0 Å². The smallest absolute Gasteiger partial charge is 0.336 e. The van der Waals surface area contributed by atoms with Crippen molar-refractivity contribution in [3.8, 4) is 0 Å². The van der Waals surface area contributed by atoms with Gasteiger partial charge in [0.05, 0.1) is 13.7 Å². The first-order valence-corrected chi connectivity index (χ1v) is 6.77.